The van der Waals surface area contributed by atoms with Crippen LogP contribution in [0, 0.1) is 0 Å². The van der Waals surface area contributed by atoms with E-state index in [1.54, 1.807) is 12.4 Å². The van der Waals surface area contributed by atoms with Gasteiger partial charge in [0.2, 0.25) is 0 Å². The van der Waals surface area contributed by atoms with Gasteiger partial charge in [-0.3, -0.25) is 9.78 Å². The van der Waals surface area contributed by atoms with Crippen LogP contribution in [-0.2, 0) is 0 Å². The summed E-state index contributed by atoms with van der Waals surface area (Å²) in [4.78, 5) is 19.5. The van der Waals surface area contributed by atoms with E-state index in [-0.39, 0.29) is 7.47 Å². The van der Waals surface area contributed by atoms with Crippen molar-refractivity contribution in [3.05, 3.63) is 66.0 Å². The monoisotopic (exact) mass is 279 g/mol. The van der Waals surface area contributed by atoms with Gasteiger partial charge in [0, 0.05) is 24.8 Å². The lowest BCUT2D eigenvalue weighted by Gasteiger charge is -2.16. The molecule has 1 atom stereocenters. The molecule has 0 aliphatic heterocycles. The number of nitrogens with zero attached hydrogens (tertiary/aromatic N) is 2. The molecule has 4 nitrogen and oxygen atoms in total. The SMILES string of the molecule is C[C@H](Nc1nccc2cccnc12)c1ccc(C=O)cc1.[HH]. The number of aldehydes is 1. The number of hydrogen-bond acceptors (Lipinski definition) is 4. The Morgan fingerprint density at radius 3 is 2.67 bits per heavy atom. The Morgan fingerprint density at radius 2 is 1.90 bits per heavy atom. The van der Waals surface area contributed by atoms with Crippen LogP contribution >= 0.6 is 0 Å². The second-order valence-corrected chi connectivity index (χ2v) is 4.89. The van der Waals surface area contributed by atoms with Crippen molar-refractivity contribution < 1.29 is 6.22 Å². The standard InChI is InChI=1S/C17H15N3O.H2/c1-12(14-6-4-13(11-21)5-7-14)20-17-16-15(8-10-19-17)3-2-9-18-16;/h2-12H,1H3,(H,19,20);1H/t12-;/m0./s1. The van der Waals surface area contributed by atoms with Gasteiger partial charge >= 0.3 is 0 Å². The van der Waals surface area contributed by atoms with Crippen molar-refractivity contribution in [3.8, 4) is 0 Å². The van der Waals surface area contributed by atoms with Gasteiger partial charge in [0.05, 0.1) is 6.04 Å². The number of carbonyl (C=O) groups is 1. The van der Waals surface area contributed by atoms with E-state index in [1.165, 1.54) is 0 Å². The predicted octanol–water partition coefficient (Wildman–Crippen LogP) is 3.86. The molecule has 2 aromatic heterocycles. The summed E-state index contributed by atoms with van der Waals surface area (Å²) in [5.74, 6) is 0.764. The molecule has 0 aliphatic carbocycles. The molecular weight excluding hydrogens is 262 g/mol. The number of fused-ring (bicyclic) bond motifs is 1. The largest absolute Gasteiger partial charge is 0.362 e. The molecule has 3 aromatic rings. The summed E-state index contributed by atoms with van der Waals surface area (Å²) in [6.07, 6.45) is 4.38. The molecule has 4 heteroatoms. The molecule has 0 saturated heterocycles. The molecule has 0 amide bonds. The molecule has 0 fully saturated rings. The van der Waals surface area contributed by atoms with Crippen LogP contribution < -0.4 is 5.32 Å². The first kappa shape index (κ1) is 13.2. The zero-order valence-corrected chi connectivity index (χ0v) is 11.7. The maximum absolute atomic E-state index is 10.7. The number of rotatable bonds is 4. The minimum atomic E-state index is 0. The van der Waals surface area contributed by atoms with Crippen LogP contribution in [-0.4, -0.2) is 16.3 Å². The third-order valence-corrected chi connectivity index (χ3v) is 3.45. The van der Waals surface area contributed by atoms with E-state index in [4.69, 9.17) is 0 Å². The Kier molecular flexibility index (Phi) is 3.60. The molecule has 0 bridgehead atoms. The number of carbonyl (C=O) groups excluding carboxylic acids is 1. The fraction of sp³-hybridized carbons (Fsp3) is 0.118. The summed E-state index contributed by atoms with van der Waals surface area (Å²) >= 11 is 0. The zero-order valence-electron chi connectivity index (χ0n) is 11.7. The van der Waals surface area contributed by atoms with Crippen LogP contribution in [0.3, 0.4) is 0 Å². The van der Waals surface area contributed by atoms with Gasteiger partial charge < -0.3 is 5.32 Å². The van der Waals surface area contributed by atoms with Crippen LogP contribution in [0.15, 0.2) is 54.9 Å². The summed E-state index contributed by atoms with van der Waals surface area (Å²) in [6.45, 7) is 2.05. The van der Waals surface area contributed by atoms with Crippen LogP contribution in [0.25, 0.3) is 10.9 Å². The molecular formula is C17H17N3O. The second-order valence-electron chi connectivity index (χ2n) is 4.89. The van der Waals surface area contributed by atoms with Gasteiger partial charge in [-0.1, -0.05) is 30.3 Å². The topological polar surface area (TPSA) is 54.9 Å². The van der Waals surface area contributed by atoms with E-state index in [2.05, 4.69) is 22.2 Å². The third kappa shape index (κ3) is 2.74. The maximum Gasteiger partial charge on any atom is 0.152 e. The van der Waals surface area contributed by atoms with E-state index in [1.807, 2.05) is 42.5 Å². The van der Waals surface area contributed by atoms with Crippen molar-refractivity contribution in [2.45, 2.75) is 13.0 Å². The summed E-state index contributed by atoms with van der Waals surface area (Å²) in [7, 11) is 0. The van der Waals surface area contributed by atoms with Crippen molar-refractivity contribution in [1.82, 2.24) is 9.97 Å². The van der Waals surface area contributed by atoms with E-state index >= 15 is 0 Å². The molecule has 0 aliphatic rings. The van der Waals surface area contributed by atoms with Gasteiger partial charge in [0.25, 0.3) is 0 Å². The van der Waals surface area contributed by atoms with E-state index in [0.29, 0.717) is 5.56 Å². The van der Waals surface area contributed by atoms with E-state index in [0.717, 1.165) is 28.6 Å². The molecule has 2 heterocycles. The molecule has 0 spiro atoms. The first-order valence-corrected chi connectivity index (χ1v) is 6.79. The van der Waals surface area contributed by atoms with Crippen LogP contribution in [0.1, 0.15) is 30.3 Å². The minimum absolute atomic E-state index is 0. The number of aromatic nitrogens is 2. The third-order valence-electron chi connectivity index (χ3n) is 3.45. The Hall–Kier alpha value is -2.75. The van der Waals surface area contributed by atoms with Crippen molar-refractivity contribution in [2.24, 2.45) is 0 Å². The highest BCUT2D eigenvalue weighted by Crippen LogP contribution is 2.23. The van der Waals surface area contributed by atoms with Gasteiger partial charge in [-0.15, -0.1) is 0 Å². The molecule has 0 saturated carbocycles. The summed E-state index contributed by atoms with van der Waals surface area (Å²) in [6, 6.07) is 13.5. The average Bonchev–Trinajstić information content (AvgIpc) is 2.55. The molecule has 0 unspecified atom stereocenters. The molecule has 21 heavy (non-hydrogen) atoms. The Morgan fingerprint density at radius 1 is 1.10 bits per heavy atom. The van der Waals surface area contributed by atoms with Crippen molar-refractivity contribution in [1.29, 1.82) is 0 Å². The quantitative estimate of drug-likeness (QED) is 0.737. The van der Waals surface area contributed by atoms with Crippen molar-refractivity contribution in [2.75, 3.05) is 5.32 Å². The first-order chi connectivity index (χ1) is 10.3. The van der Waals surface area contributed by atoms with E-state index < -0.39 is 0 Å². The number of pyridine rings is 2. The van der Waals surface area contributed by atoms with Gasteiger partial charge in [0.1, 0.15) is 11.8 Å². The van der Waals surface area contributed by atoms with Gasteiger partial charge in [-0.25, -0.2) is 4.98 Å². The Labute approximate surface area is 124 Å². The number of benzene rings is 1. The van der Waals surface area contributed by atoms with Crippen LogP contribution in [0.4, 0.5) is 5.82 Å². The number of nitrogens with one attached hydrogen (secondary N) is 1. The fourth-order valence-electron chi connectivity index (χ4n) is 2.26. The zero-order chi connectivity index (χ0) is 14.7. The maximum atomic E-state index is 10.7. The van der Waals surface area contributed by atoms with Crippen LogP contribution in [0.2, 0.25) is 0 Å². The van der Waals surface area contributed by atoms with Crippen molar-refractivity contribution >= 4 is 23.0 Å². The fourth-order valence-corrected chi connectivity index (χ4v) is 2.26. The van der Waals surface area contributed by atoms with Gasteiger partial charge in [-0.05, 0) is 24.6 Å². The molecule has 106 valence electrons. The minimum Gasteiger partial charge on any atom is -0.362 e. The molecule has 1 aromatic carbocycles. The van der Waals surface area contributed by atoms with Crippen LogP contribution in [0.5, 0.6) is 0 Å². The smallest absolute Gasteiger partial charge is 0.152 e. The molecule has 3 rings (SSSR count). The second kappa shape index (κ2) is 5.71. The van der Waals surface area contributed by atoms with Gasteiger partial charge in [-0.2, -0.15) is 0 Å². The highest BCUT2D eigenvalue weighted by atomic mass is 16.1. The van der Waals surface area contributed by atoms with Gasteiger partial charge in [0.15, 0.2) is 5.82 Å². The Bertz CT molecular complexity index is 769. The normalized spacial score (nSPS) is 12.0. The lowest BCUT2D eigenvalue weighted by molar-refractivity contribution is 0.112. The highest BCUT2D eigenvalue weighted by molar-refractivity contribution is 5.87. The molecule has 0 radical (unpaired) electrons. The summed E-state index contributed by atoms with van der Waals surface area (Å²) in [5, 5.41) is 4.43. The number of hydrogen-bond donors (Lipinski definition) is 1. The van der Waals surface area contributed by atoms with E-state index in [9.17, 15) is 4.79 Å². The number of anilines is 1. The average molecular weight is 279 g/mol. The van der Waals surface area contributed by atoms with Crippen molar-refractivity contribution in [3.63, 3.8) is 0 Å². The first-order valence-electron chi connectivity index (χ1n) is 6.79. The Balaban J connectivity index is 0.00000176. The summed E-state index contributed by atoms with van der Waals surface area (Å²) in [5.41, 5.74) is 2.63. The lowest BCUT2D eigenvalue weighted by Crippen LogP contribution is -2.08. The highest BCUT2D eigenvalue weighted by Gasteiger charge is 2.09. The predicted molar refractivity (Wildman–Crippen MR) is 85.5 cm³/mol. The summed E-state index contributed by atoms with van der Waals surface area (Å²) < 4.78 is 0. The lowest BCUT2D eigenvalue weighted by atomic mass is 10.1. The molecule has 1 N–H and O–H groups in total.